The molecule has 4 nitrogen and oxygen atoms in total. The number of halogens is 1. The third-order valence-corrected chi connectivity index (χ3v) is 1.95. The summed E-state index contributed by atoms with van der Waals surface area (Å²) in [4.78, 5) is 10.4. The number of hydrogen-bond acceptors (Lipinski definition) is 3. The number of aromatic amines is 1. The molecular formula is C7H10ClN3O. The second-order valence-corrected chi connectivity index (χ2v) is 2.61. The predicted molar refractivity (Wildman–Crippen MR) is 46.6 cm³/mol. The first kappa shape index (κ1) is 9.22. The Morgan fingerprint density at radius 3 is 3.08 bits per heavy atom. The van der Waals surface area contributed by atoms with Crippen LogP contribution in [-0.2, 0) is 13.0 Å². The number of rotatable bonds is 1. The first-order valence-electron chi connectivity index (χ1n) is 3.64. The van der Waals surface area contributed by atoms with Gasteiger partial charge in [-0.15, -0.1) is 12.4 Å². The van der Waals surface area contributed by atoms with Crippen LogP contribution in [0.3, 0.4) is 0 Å². The Hall–Kier alpha value is -0.870. The Labute approximate surface area is 76.1 Å². The smallest absolute Gasteiger partial charge is 0.170 e. The van der Waals surface area contributed by atoms with Crippen molar-refractivity contribution < 1.29 is 4.79 Å². The van der Waals surface area contributed by atoms with Gasteiger partial charge in [-0.05, 0) is 0 Å². The minimum Gasteiger partial charge on any atom is -0.312 e. The fraction of sp³-hybridized carbons (Fsp3) is 0.429. The lowest BCUT2D eigenvalue weighted by atomic mass is 10.1. The number of fused-ring (bicyclic) bond motifs is 1. The third-order valence-electron chi connectivity index (χ3n) is 1.95. The second kappa shape index (κ2) is 3.69. The van der Waals surface area contributed by atoms with E-state index in [0.29, 0.717) is 5.69 Å². The van der Waals surface area contributed by atoms with Gasteiger partial charge in [-0.3, -0.25) is 9.89 Å². The van der Waals surface area contributed by atoms with Crippen LogP contribution < -0.4 is 5.32 Å². The van der Waals surface area contributed by atoms with Crippen LogP contribution >= 0.6 is 12.4 Å². The molecule has 0 atom stereocenters. The average Bonchev–Trinajstić information content (AvgIpc) is 2.47. The minimum absolute atomic E-state index is 0. The third kappa shape index (κ3) is 1.35. The number of carbonyl (C=O) groups is 1. The van der Waals surface area contributed by atoms with Gasteiger partial charge in [0.25, 0.3) is 0 Å². The Balaban J connectivity index is 0.000000720. The van der Waals surface area contributed by atoms with Gasteiger partial charge in [-0.2, -0.15) is 5.10 Å². The monoisotopic (exact) mass is 187 g/mol. The molecule has 66 valence electrons. The Morgan fingerprint density at radius 2 is 2.33 bits per heavy atom. The van der Waals surface area contributed by atoms with Crippen molar-refractivity contribution in [2.75, 3.05) is 6.54 Å². The van der Waals surface area contributed by atoms with Gasteiger partial charge in [0.2, 0.25) is 0 Å². The van der Waals surface area contributed by atoms with E-state index < -0.39 is 0 Å². The molecule has 2 heterocycles. The summed E-state index contributed by atoms with van der Waals surface area (Å²) >= 11 is 0. The first-order valence-corrected chi connectivity index (χ1v) is 3.64. The van der Waals surface area contributed by atoms with E-state index in [1.54, 1.807) is 0 Å². The van der Waals surface area contributed by atoms with E-state index in [0.717, 1.165) is 37.1 Å². The van der Waals surface area contributed by atoms with Crippen LogP contribution in [0.2, 0.25) is 0 Å². The highest BCUT2D eigenvalue weighted by molar-refractivity contribution is 5.85. The van der Waals surface area contributed by atoms with Crippen LogP contribution in [0.25, 0.3) is 0 Å². The summed E-state index contributed by atoms with van der Waals surface area (Å²) in [5.41, 5.74) is 2.68. The average molecular weight is 188 g/mol. The largest absolute Gasteiger partial charge is 0.312 e. The summed E-state index contributed by atoms with van der Waals surface area (Å²) in [6, 6.07) is 0. The van der Waals surface area contributed by atoms with Crippen LogP contribution in [0.5, 0.6) is 0 Å². The number of nitrogens with zero attached hydrogens (tertiary/aromatic N) is 1. The van der Waals surface area contributed by atoms with E-state index in [2.05, 4.69) is 15.5 Å². The van der Waals surface area contributed by atoms with Crippen molar-refractivity contribution >= 4 is 18.7 Å². The summed E-state index contributed by atoms with van der Waals surface area (Å²) in [6.07, 6.45) is 1.73. The van der Waals surface area contributed by atoms with Crippen molar-refractivity contribution in [3.63, 3.8) is 0 Å². The highest BCUT2D eigenvalue weighted by atomic mass is 35.5. The van der Waals surface area contributed by atoms with Crippen LogP contribution in [0.4, 0.5) is 0 Å². The molecule has 0 aromatic carbocycles. The summed E-state index contributed by atoms with van der Waals surface area (Å²) in [6.45, 7) is 1.73. The number of carbonyl (C=O) groups excluding carboxylic acids is 1. The first-order chi connectivity index (χ1) is 5.42. The number of hydrogen-bond donors (Lipinski definition) is 2. The van der Waals surface area contributed by atoms with E-state index in [9.17, 15) is 4.79 Å². The van der Waals surface area contributed by atoms with Gasteiger partial charge in [0, 0.05) is 30.8 Å². The number of nitrogens with one attached hydrogen (secondary N) is 2. The quantitative estimate of drug-likeness (QED) is 0.622. The molecule has 1 aliphatic rings. The molecule has 0 saturated carbocycles. The Kier molecular flexibility index (Phi) is 2.83. The van der Waals surface area contributed by atoms with Crippen LogP contribution in [0.15, 0.2) is 0 Å². The predicted octanol–water partition coefficient (Wildman–Crippen LogP) is 0.290. The van der Waals surface area contributed by atoms with Crippen molar-refractivity contribution in [1.82, 2.24) is 15.5 Å². The lowest BCUT2D eigenvalue weighted by molar-refractivity contribution is 0.111. The molecule has 0 saturated heterocycles. The van der Waals surface area contributed by atoms with Crippen molar-refractivity contribution in [3.05, 3.63) is 17.0 Å². The number of aldehydes is 1. The molecule has 0 amide bonds. The molecule has 0 spiro atoms. The van der Waals surface area contributed by atoms with Gasteiger partial charge < -0.3 is 5.32 Å². The number of H-pyrrole nitrogens is 1. The molecule has 0 aliphatic carbocycles. The van der Waals surface area contributed by atoms with Gasteiger partial charge in [0.15, 0.2) is 6.29 Å². The summed E-state index contributed by atoms with van der Waals surface area (Å²) in [5.74, 6) is 0. The van der Waals surface area contributed by atoms with E-state index in [4.69, 9.17) is 0 Å². The highest BCUT2D eigenvalue weighted by Crippen LogP contribution is 2.12. The Bertz CT molecular complexity index is 284. The summed E-state index contributed by atoms with van der Waals surface area (Å²) in [7, 11) is 0. The molecule has 0 fully saturated rings. The van der Waals surface area contributed by atoms with Crippen molar-refractivity contribution in [2.45, 2.75) is 13.0 Å². The van der Waals surface area contributed by atoms with E-state index in [1.165, 1.54) is 0 Å². The topological polar surface area (TPSA) is 57.8 Å². The van der Waals surface area contributed by atoms with Gasteiger partial charge in [-0.25, -0.2) is 0 Å². The van der Waals surface area contributed by atoms with Crippen molar-refractivity contribution in [1.29, 1.82) is 0 Å². The molecule has 5 heteroatoms. The maximum absolute atomic E-state index is 10.4. The zero-order valence-electron chi connectivity index (χ0n) is 6.46. The molecule has 1 aromatic rings. The van der Waals surface area contributed by atoms with E-state index in [1.807, 2.05) is 0 Å². The zero-order chi connectivity index (χ0) is 7.68. The van der Waals surface area contributed by atoms with Crippen LogP contribution in [0.1, 0.15) is 21.7 Å². The molecule has 2 N–H and O–H groups in total. The van der Waals surface area contributed by atoms with Crippen LogP contribution in [-0.4, -0.2) is 23.0 Å². The van der Waals surface area contributed by atoms with Gasteiger partial charge >= 0.3 is 0 Å². The minimum atomic E-state index is 0. The molecule has 0 radical (unpaired) electrons. The zero-order valence-corrected chi connectivity index (χ0v) is 7.28. The van der Waals surface area contributed by atoms with Gasteiger partial charge in [-0.1, -0.05) is 0 Å². The van der Waals surface area contributed by atoms with Gasteiger partial charge in [0.05, 0.1) is 0 Å². The molecule has 0 bridgehead atoms. The lowest BCUT2D eigenvalue weighted by Gasteiger charge is -2.11. The lowest BCUT2D eigenvalue weighted by Crippen LogP contribution is -2.23. The molecule has 1 aromatic heterocycles. The number of aromatic nitrogens is 2. The maximum atomic E-state index is 10.4. The molecule has 1 aliphatic heterocycles. The van der Waals surface area contributed by atoms with Crippen molar-refractivity contribution in [3.8, 4) is 0 Å². The molecular weight excluding hydrogens is 178 g/mol. The molecule has 12 heavy (non-hydrogen) atoms. The molecule has 2 rings (SSSR count). The fourth-order valence-corrected chi connectivity index (χ4v) is 1.35. The van der Waals surface area contributed by atoms with Crippen molar-refractivity contribution in [2.24, 2.45) is 0 Å². The Morgan fingerprint density at radius 1 is 1.50 bits per heavy atom. The van der Waals surface area contributed by atoms with Gasteiger partial charge in [0.1, 0.15) is 5.69 Å². The van der Waals surface area contributed by atoms with E-state index >= 15 is 0 Å². The summed E-state index contributed by atoms with van der Waals surface area (Å²) in [5, 5.41) is 9.92. The second-order valence-electron chi connectivity index (χ2n) is 2.61. The van der Waals surface area contributed by atoms with E-state index in [-0.39, 0.29) is 12.4 Å². The summed E-state index contributed by atoms with van der Waals surface area (Å²) < 4.78 is 0. The maximum Gasteiger partial charge on any atom is 0.170 e. The molecule has 0 unspecified atom stereocenters. The normalized spacial score (nSPS) is 14.7. The highest BCUT2D eigenvalue weighted by Gasteiger charge is 2.14. The van der Waals surface area contributed by atoms with Crippen LogP contribution in [0, 0.1) is 0 Å². The standard InChI is InChI=1S/C7H9N3O.ClH/c11-4-7-5-3-8-2-1-6(5)9-10-7;/h4,8H,1-3H2,(H,9,10);1H. The fourth-order valence-electron chi connectivity index (χ4n) is 1.35. The SMILES string of the molecule is Cl.O=Cc1n[nH]c2c1CNCC2.